The van der Waals surface area contributed by atoms with Crippen molar-refractivity contribution in [2.45, 2.75) is 90.5 Å². The van der Waals surface area contributed by atoms with Crippen LogP contribution in [0.25, 0.3) is 0 Å². The fourth-order valence-electron chi connectivity index (χ4n) is 2.28. The van der Waals surface area contributed by atoms with Gasteiger partial charge in [0.05, 0.1) is 5.97 Å². The monoisotopic (exact) mass is 293 g/mol. The van der Waals surface area contributed by atoms with Crippen molar-refractivity contribution in [3.05, 3.63) is 0 Å². The summed E-state index contributed by atoms with van der Waals surface area (Å²) in [4.78, 5) is 10.7. The fourth-order valence-corrected chi connectivity index (χ4v) is 2.28. The van der Waals surface area contributed by atoms with Gasteiger partial charge in [-0.25, -0.2) is 0 Å². The van der Waals surface area contributed by atoms with Crippen LogP contribution in [0.15, 0.2) is 0 Å². The first-order valence-corrected chi connectivity index (χ1v) is 8.16. The predicted molar refractivity (Wildman–Crippen MR) is 78.9 cm³/mol. The molecular weight excluding hydrogens is 261 g/mol. The molecule has 0 aliphatic heterocycles. The van der Waals surface area contributed by atoms with Crippen LogP contribution in [0, 0.1) is 0 Å². The van der Waals surface area contributed by atoms with E-state index in [0.29, 0.717) is 6.42 Å². The molecule has 0 spiro atoms. The summed E-state index contributed by atoms with van der Waals surface area (Å²) in [7, 11) is 0. The van der Waals surface area contributed by atoms with Crippen LogP contribution in [-0.4, -0.2) is 18.6 Å². The smallest absolute Gasteiger partial charge is 0.548 e. The quantitative estimate of drug-likeness (QED) is 0.363. The third kappa shape index (κ3) is 14.8. The summed E-state index contributed by atoms with van der Waals surface area (Å²) in [6, 6.07) is -0.474. The van der Waals surface area contributed by atoms with E-state index in [1.54, 1.807) is 0 Å². The van der Waals surface area contributed by atoms with E-state index in [-0.39, 0.29) is 29.6 Å². The Bertz CT molecular complexity index is 213. The van der Waals surface area contributed by atoms with Gasteiger partial charge in [-0.2, -0.15) is 0 Å². The Morgan fingerprint density at radius 1 is 0.900 bits per heavy atom. The average molecular weight is 293 g/mol. The molecule has 1 N–H and O–H groups in total. The summed E-state index contributed by atoms with van der Waals surface area (Å²) in [5.74, 6) is -0.977. The average Bonchev–Trinajstić information content (AvgIpc) is 2.40. The van der Waals surface area contributed by atoms with Crippen molar-refractivity contribution >= 4 is 5.97 Å². The zero-order valence-electron chi connectivity index (χ0n) is 13.9. The predicted octanol–water partition coefficient (Wildman–Crippen LogP) is 0.0294. The van der Waals surface area contributed by atoms with Crippen LogP contribution in [0.3, 0.4) is 0 Å². The second kappa shape index (κ2) is 17.5. The van der Waals surface area contributed by atoms with Gasteiger partial charge in [0, 0.05) is 6.04 Å². The molecule has 0 aromatic carbocycles. The molecule has 0 radical (unpaired) electrons. The van der Waals surface area contributed by atoms with Crippen LogP contribution >= 0.6 is 0 Å². The molecule has 0 aliphatic carbocycles. The summed E-state index contributed by atoms with van der Waals surface area (Å²) in [5, 5.41) is 13.7. The molecule has 114 valence electrons. The Hall–Kier alpha value is 0.430. The molecule has 0 aliphatic rings. The third-order valence-electron chi connectivity index (χ3n) is 3.61. The number of nitrogens with one attached hydrogen (secondary N) is 1. The summed E-state index contributed by atoms with van der Waals surface area (Å²) in [5.41, 5.74) is 0. The van der Waals surface area contributed by atoms with Crippen LogP contribution in [-0.2, 0) is 4.79 Å². The maximum absolute atomic E-state index is 10.7. The number of unbranched alkanes of at least 4 members (excludes halogenated alkanes) is 9. The minimum absolute atomic E-state index is 0. The van der Waals surface area contributed by atoms with Gasteiger partial charge in [-0.3, -0.25) is 0 Å². The zero-order valence-corrected chi connectivity index (χ0v) is 15.9. The Labute approximate surface area is 147 Å². The summed E-state index contributed by atoms with van der Waals surface area (Å²) < 4.78 is 0. The van der Waals surface area contributed by atoms with Crippen molar-refractivity contribution in [3.63, 3.8) is 0 Å². The van der Waals surface area contributed by atoms with E-state index in [2.05, 4.69) is 12.2 Å². The molecule has 3 nitrogen and oxygen atoms in total. The fraction of sp³-hybridized carbons (Fsp3) is 0.938. The number of rotatable bonds is 14. The van der Waals surface area contributed by atoms with E-state index in [1.165, 1.54) is 57.8 Å². The number of hydrogen-bond acceptors (Lipinski definition) is 3. The Balaban J connectivity index is 0. The van der Waals surface area contributed by atoms with Crippen molar-refractivity contribution in [2.75, 3.05) is 6.54 Å². The summed E-state index contributed by atoms with van der Waals surface area (Å²) in [6.45, 7) is 4.91. The minimum atomic E-state index is -0.977. The van der Waals surface area contributed by atoms with Gasteiger partial charge in [0.15, 0.2) is 0 Å². The molecule has 0 rings (SSSR count). The molecule has 4 heteroatoms. The van der Waals surface area contributed by atoms with E-state index in [1.807, 2.05) is 6.92 Å². The molecular formula is C16H32NNaO2. The molecule has 0 heterocycles. The Morgan fingerprint density at radius 2 is 1.35 bits per heavy atom. The van der Waals surface area contributed by atoms with Crippen molar-refractivity contribution in [3.8, 4) is 0 Å². The van der Waals surface area contributed by atoms with Gasteiger partial charge >= 0.3 is 29.6 Å². The molecule has 1 atom stereocenters. The molecule has 0 aromatic rings. The number of carboxylic acid groups (broad SMARTS) is 1. The van der Waals surface area contributed by atoms with E-state index < -0.39 is 12.0 Å². The second-order valence-corrected chi connectivity index (χ2v) is 5.42. The van der Waals surface area contributed by atoms with Crippen LogP contribution in [0.2, 0.25) is 0 Å². The van der Waals surface area contributed by atoms with Gasteiger partial charge in [-0.15, -0.1) is 0 Å². The number of aliphatic carboxylic acids is 1. The summed E-state index contributed by atoms with van der Waals surface area (Å²) in [6.07, 6.45) is 13.7. The zero-order chi connectivity index (χ0) is 14.3. The first-order valence-electron chi connectivity index (χ1n) is 8.16. The third-order valence-corrected chi connectivity index (χ3v) is 3.61. The molecule has 1 unspecified atom stereocenters. The molecule has 0 amide bonds. The molecule has 0 bridgehead atoms. The second-order valence-electron chi connectivity index (χ2n) is 5.42. The van der Waals surface area contributed by atoms with E-state index in [0.717, 1.165) is 13.0 Å². The summed E-state index contributed by atoms with van der Waals surface area (Å²) >= 11 is 0. The van der Waals surface area contributed by atoms with Crippen molar-refractivity contribution in [1.29, 1.82) is 0 Å². The van der Waals surface area contributed by atoms with Crippen molar-refractivity contribution in [2.24, 2.45) is 0 Å². The first-order chi connectivity index (χ1) is 9.22. The molecule has 0 saturated carbocycles. The van der Waals surface area contributed by atoms with Gasteiger partial charge in [0.1, 0.15) is 0 Å². The van der Waals surface area contributed by atoms with Crippen molar-refractivity contribution < 1.29 is 39.5 Å². The maximum atomic E-state index is 10.7. The minimum Gasteiger partial charge on any atom is -0.548 e. The van der Waals surface area contributed by atoms with E-state index >= 15 is 0 Å². The van der Waals surface area contributed by atoms with Gasteiger partial charge in [-0.05, 0) is 19.4 Å². The SMILES string of the molecule is CCCCCCCCCCCCNC(CC)C(=O)[O-].[Na+]. The first kappa shape index (κ1) is 22.7. The molecule has 0 saturated heterocycles. The standard InChI is InChI=1S/C16H33NO2.Na/c1-3-5-6-7-8-9-10-11-12-13-14-17-15(4-2)16(18)19;/h15,17H,3-14H2,1-2H3,(H,18,19);/q;+1/p-1. The van der Waals surface area contributed by atoms with Crippen LogP contribution in [0.4, 0.5) is 0 Å². The normalized spacial score (nSPS) is 11.9. The maximum Gasteiger partial charge on any atom is 1.00 e. The van der Waals surface area contributed by atoms with Gasteiger partial charge in [0.2, 0.25) is 0 Å². The van der Waals surface area contributed by atoms with Gasteiger partial charge in [-0.1, -0.05) is 71.6 Å². The number of carboxylic acids is 1. The van der Waals surface area contributed by atoms with Crippen LogP contribution in [0.5, 0.6) is 0 Å². The van der Waals surface area contributed by atoms with E-state index in [9.17, 15) is 9.90 Å². The van der Waals surface area contributed by atoms with Crippen LogP contribution < -0.4 is 40.0 Å². The number of hydrogen-bond donors (Lipinski definition) is 1. The van der Waals surface area contributed by atoms with Crippen molar-refractivity contribution in [1.82, 2.24) is 5.32 Å². The van der Waals surface area contributed by atoms with Gasteiger partial charge < -0.3 is 15.2 Å². The Kier molecular flexibility index (Phi) is 19.8. The van der Waals surface area contributed by atoms with Gasteiger partial charge in [0.25, 0.3) is 0 Å². The van der Waals surface area contributed by atoms with E-state index in [4.69, 9.17) is 0 Å². The molecule has 0 aromatic heterocycles. The molecule has 0 fully saturated rings. The Morgan fingerprint density at radius 3 is 1.75 bits per heavy atom. The topological polar surface area (TPSA) is 52.2 Å². The largest absolute Gasteiger partial charge is 1.00 e. The van der Waals surface area contributed by atoms with Crippen LogP contribution in [0.1, 0.15) is 84.5 Å². The number of carbonyl (C=O) groups excluding carboxylic acids is 1. The number of carbonyl (C=O) groups is 1. The molecule has 20 heavy (non-hydrogen) atoms.